The second-order valence-electron chi connectivity index (χ2n) is 4.14. The zero-order chi connectivity index (χ0) is 11.0. The van der Waals surface area contributed by atoms with E-state index in [-0.39, 0.29) is 0 Å². The summed E-state index contributed by atoms with van der Waals surface area (Å²) in [4.78, 5) is 17.8. The van der Waals surface area contributed by atoms with Gasteiger partial charge in [0.1, 0.15) is 5.52 Å². The Kier molecular flexibility index (Phi) is 2.25. The van der Waals surface area contributed by atoms with E-state index in [9.17, 15) is 4.79 Å². The van der Waals surface area contributed by atoms with Crippen LogP contribution in [0.3, 0.4) is 0 Å². The number of hydrogen-bond donors (Lipinski definition) is 2. The fourth-order valence-electron chi connectivity index (χ4n) is 2.19. The summed E-state index contributed by atoms with van der Waals surface area (Å²) in [5.74, 6) is -0.448. The van der Waals surface area contributed by atoms with E-state index in [4.69, 9.17) is 4.42 Å². The second-order valence-corrected chi connectivity index (χ2v) is 4.14. The Bertz CT molecular complexity index is 552. The third-order valence-corrected chi connectivity index (χ3v) is 3.01. The lowest BCUT2D eigenvalue weighted by Crippen LogP contribution is -2.26. The third-order valence-electron chi connectivity index (χ3n) is 3.01. The van der Waals surface area contributed by atoms with Gasteiger partial charge in [-0.05, 0) is 31.0 Å². The molecular formula is C11H13N3O2. The fraction of sp³-hybridized carbons (Fsp3) is 0.455. The maximum Gasteiger partial charge on any atom is 0.418 e. The third kappa shape index (κ3) is 1.63. The van der Waals surface area contributed by atoms with Gasteiger partial charge in [-0.1, -0.05) is 6.42 Å². The summed E-state index contributed by atoms with van der Waals surface area (Å²) in [5, 5.41) is 3.44. The predicted octanol–water partition coefficient (Wildman–Crippen LogP) is 1.33. The maximum absolute atomic E-state index is 11.0. The highest BCUT2D eigenvalue weighted by molar-refractivity contribution is 5.67. The number of aromatic amines is 1. The summed E-state index contributed by atoms with van der Waals surface area (Å²) < 4.78 is 4.87. The highest BCUT2D eigenvalue weighted by Crippen LogP contribution is 2.23. The first-order valence-corrected chi connectivity index (χ1v) is 5.55. The molecule has 0 spiro atoms. The van der Waals surface area contributed by atoms with E-state index >= 15 is 0 Å². The first-order chi connectivity index (χ1) is 7.83. The van der Waals surface area contributed by atoms with Crippen molar-refractivity contribution in [3.05, 3.63) is 28.4 Å². The van der Waals surface area contributed by atoms with E-state index in [1.165, 1.54) is 12.8 Å². The fourth-order valence-corrected chi connectivity index (χ4v) is 2.19. The van der Waals surface area contributed by atoms with Gasteiger partial charge in [0.25, 0.3) is 0 Å². The number of hydrogen-bond acceptors (Lipinski definition) is 4. The van der Waals surface area contributed by atoms with E-state index in [1.54, 1.807) is 6.20 Å². The Morgan fingerprint density at radius 2 is 2.38 bits per heavy atom. The minimum Gasteiger partial charge on any atom is -0.389 e. The van der Waals surface area contributed by atoms with Crippen molar-refractivity contribution in [2.45, 2.75) is 25.3 Å². The molecule has 1 aliphatic rings. The molecule has 1 aliphatic heterocycles. The molecule has 3 heterocycles. The summed E-state index contributed by atoms with van der Waals surface area (Å²) in [6.45, 7) is 1.05. The van der Waals surface area contributed by atoms with Crippen LogP contribution < -0.4 is 11.1 Å². The van der Waals surface area contributed by atoms with Crippen molar-refractivity contribution >= 4 is 11.2 Å². The molecule has 0 radical (unpaired) electrons. The number of fused-ring (bicyclic) bond motifs is 1. The van der Waals surface area contributed by atoms with Crippen LogP contribution in [0.25, 0.3) is 11.2 Å². The molecule has 84 valence electrons. The van der Waals surface area contributed by atoms with Crippen LogP contribution in [0.5, 0.6) is 0 Å². The largest absolute Gasteiger partial charge is 0.418 e. The Labute approximate surface area is 91.9 Å². The minimum atomic E-state index is -0.448. The van der Waals surface area contributed by atoms with Crippen molar-refractivity contribution in [1.82, 2.24) is 15.3 Å². The molecule has 1 saturated heterocycles. The van der Waals surface area contributed by atoms with Crippen LogP contribution in [0.4, 0.5) is 0 Å². The van der Waals surface area contributed by atoms with Gasteiger partial charge in [-0.15, -0.1) is 0 Å². The first-order valence-electron chi connectivity index (χ1n) is 5.55. The minimum absolute atomic E-state index is 0.351. The molecule has 2 N–H and O–H groups in total. The van der Waals surface area contributed by atoms with Crippen LogP contribution >= 0.6 is 0 Å². The molecule has 1 unspecified atom stereocenters. The summed E-state index contributed by atoms with van der Waals surface area (Å²) in [7, 11) is 0. The summed E-state index contributed by atoms with van der Waals surface area (Å²) in [6, 6.07) is 2.29. The number of rotatable bonds is 1. The van der Waals surface area contributed by atoms with Crippen LogP contribution in [0, 0.1) is 0 Å². The van der Waals surface area contributed by atoms with Gasteiger partial charge >= 0.3 is 5.76 Å². The number of pyridine rings is 1. The molecule has 2 aromatic heterocycles. The van der Waals surface area contributed by atoms with E-state index in [0.29, 0.717) is 17.3 Å². The van der Waals surface area contributed by atoms with Gasteiger partial charge in [0, 0.05) is 12.2 Å². The average molecular weight is 219 g/mol. The number of H-pyrrole nitrogens is 1. The summed E-state index contributed by atoms with van der Waals surface area (Å²) in [5.41, 5.74) is 2.17. The van der Waals surface area contributed by atoms with Crippen molar-refractivity contribution in [3.63, 3.8) is 0 Å². The predicted molar refractivity (Wildman–Crippen MR) is 59.2 cm³/mol. The Morgan fingerprint density at radius 3 is 3.19 bits per heavy atom. The molecule has 2 aromatic rings. The molecule has 3 rings (SSSR count). The van der Waals surface area contributed by atoms with Crippen molar-refractivity contribution in [2.24, 2.45) is 0 Å². The molecule has 0 bridgehead atoms. The average Bonchev–Trinajstić information content (AvgIpc) is 2.69. The number of nitrogens with one attached hydrogen (secondary N) is 2. The van der Waals surface area contributed by atoms with Gasteiger partial charge in [0.05, 0.1) is 0 Å². The Hall–Kier alpha value is -1.62. The lowest BCUT2D eigenvalue weighted by molar-refractivity contribution is 0.412. The molecule has 1 fully saturated rings. The zero-order valence-corrected chi connectivity index (χ0v) is 8.82. The number of aromatic nitrogens is 2. The van der Waals surface area contributed by atoms with Crippen LogP contribution in [0.2, 0.25) is 0 Å². The van der Waals surface area contributed by atoms with Crippen LogP contribution in [-0.4, -0.2) is 16.5 Å². The Morgan fingerprint density at radius 1 is 1.44 bits per heavy atom. The van der Waals surface area contributed by atoms with E-state index in [2.05, 4.69) is 15.3 Å². The summed E-state index contributed by atoms with van der Waals surface area (Å²) in [6.07, 6.45) is 5.36. The molecule has 16 heavy (non-hydrogen) atoms. The second kappa shape index (κ2) is 3.75. The van der Waals surface area contributed by atoms with Gasteiger partial charge in [0.2, 0.25) is 5.71 Å². The Balaban J connectivity index is 2.00. The van der Waals surface area contributed by atoms with Gasteiger partial charge < -0.3 is 9.73 Å². The molecule has 5 heteroatoms. The molecule has 0 aromatic carbocycles. The van der Waals surface area contributed by atoms with Crippen molar-refractivity contribution < 1.29 is 4.42 Å². The van der Waals surface area contributed by atoms with E-state index < -0.39 is 5.76 Å². The van der Waals surface area contributed by atoms with Crippen molar-refractivity contribution in [3.8, 4) is 0 Å². The first kappa shape index (κ1) is 9.59. The smallest absolute Gasteiger partial charge is 0.389 e. The van der Waals surface area contributed by atoms with Crippen LogP contribution in [0.15, 0.2) is 21.5 Å². The van der Waals surface area contributed by atoms with Gasteiger partial charge in [-0.3, -0.25) is 4.98 Å². The zero-order valence-electron chi connectivity index (χ0n) is 8.82. The highest BCUT2D eigenvalue weighted by atomic mass is 16.4. The van der Waals surface area contributed by atoms with Gasteiger partial charge in [-0.25, -0.2) is 9.78 Å². The molecule has 1 atom stereocenters. The molecule has 0 saturated carbocycles. The summed E-state index contributed by atoms with van der Waals surface area (Å²) >= 11 is 0. The normalized spacial score (nSPS) is 21.4. The van der Waals surface area contributed by atoms with Crippen molar-refractivity contribution in [2.75, 3.05) is 6.54 Å². The van der Waals surface area contributed by atoms with Crippen molar-refractivity contribution in [1.29, 1.82) is 0 Å². The lowest BCUT2D eigenvalue weighted by atomic mass is 9.99. The molecule has 0 aliphatic carbocycles. The van der Waals surface area contributed by atoms with E-state index in [1.807, 2.05) is 6.07 Å². The van der Waals surface area contributed by atoms with Crippen LogP contribution in [0.1, 0.15) is 30.9 Å². The number of piperidine rings is 1. The monoisotopic (exact) mass is 219 g/mol. The SMILES string of the molecule is O=c1[nH]c2cc(C3CCCCN3)cnc2o1. The topological polar surface area (TPSA) is 70.9 Å². The maximum atomic E-state index is 11.0. The van der Waals surface area contributed by atoms with Crippen LogP contribution in [-0.2, 0) is 0 Å². The number of nitrogens with zero attached hydrogens (tertiary/aromatic N) is 1. The standard InChI is InChI=1S/C11H13N3O2/c15-11-14-9-5-7(6-13-10(9)16-11)8-3-1-2-4-12-8/h5-6,8,12H,1-4H2,(H,14,15). The quantitative estimate of drug-likeness (QED) is 0.759. The van der Waals surface area contributed by atoms with E-state index in [0.717, 1.165) is 18.5 Å². The van der Waals surface area contributed by atoms with Gasteiger partial charge in [0.15, 0.2) is 0 Å². The highest BCUT2D eigenvalue weighted by Gasteiger charge is 2.16. The lowest BCUT2D eigenvalue weighted by Gasteiger charge is -2.23. The van der Waals surface area contributed by atoms with Gasteiger partial charge in [-0.2, -0.15) is 0 Å². The molecule has 0 amide bonds. The molecular weight excluding hydrogens is 206 g/mol. The number of oxazole rings is 1. The molecule has 5 nitrogen and oxygen atoms in total.